The van der Waals surface area contributed by atoms with Crippen molar-refractivity contribution in [2.45, 2.75) is 0 Å². The lowest BCUT2D eigenvalue weighted by Gasteiger charge is -1.95. The lowest BCUT2D eigenvalue weighted by molar-refractivity contribution is 0.0929. The summed E-state index contributed by atoms with van der Waals surface area (Å²) in [5.74, 6) is -0.183. The first-order valence-corrected chi connectivity index (χ1v) is 8.13. The zero-order valence-corrected chi connectivity index (χ0v) is 14.8. The Hall–Kier alpha value is -1.74. The fourth-order valence-electron chi connectivity index (χ4n) is 1.86. The molecular weight excluding hydrogens is 461 g/mol. The molecule has 0 aliphatic heterocycles. The number of nitrogens with zero attached hydrogens (tertiary/aromatic N) is 2. The topological polar surface area (TPSA) is 67.5 Å². The van der Waals surface area contributed by atoms with Crippen LogP contribution in [-0.2, 0) is 0 Å². The van der Waals surface area contributed by atoms with Gasteiger partial charge in [0.1, 0.15) is 5.58 Å². The maximum atomic E-state index is 12.1. The van der Waals surface area contributed by atoms with Crippen molar-refractivity contribution in [1.29, 1.82) is 0 Å². The Morgan fingerprint density at radius 2 is 2.27 bits per heavy atom. The number of hydrazone groups is 1. The van der Waals surface area contributed by atoms with Crippen LogP contribution in [0.4, 0.5) is 0 Å². The van der Waals surface area contributed by atoms with Crippen molar-refractivity contribution in [1.82, 2.24) is 10.4 Å². The molecule has 0 aliphatic carbocycles. The van der Waals surface area contributed by atoms with E-state index in [1.165, 1.54) is 6.21 Å². The summed E-state index contributed by atoms with van der Waals surface area (Å²) < 4.78 is 7.46. The van der Waals surface area contributed by atoms with Gasteiger partial charge in [0.05, 0.1) is 9.78 Å². The highest BCUT2D eigenvalue weighted by atomic mass is 127. The molecule has 5 nitrogen and oxygen atoms in total. The van der Waals surface area contributed by atoms with E-state index in [0.29, 0.717) is 5.58 Å². The second-order valence-corrected chi connectivity index (χ2v) is 6.48. The third kappa shape index (κ3) is 3.36. The Labute approximate surface area is 148 Å². The van der Waals surface area contributed by atoms with Crippen LogP contribution >= 0.6 is 38.5 Å². The average molecular weight is 470 g/mol. The van der Waals surface area contributed by atoms with Gasteiger partial charge in [0.15, 0.2) is 5.76 Å². The van der Waals surface area contributed by atoms with E-state index in [-0.39, 0.29) is 5.76 Å². The quantitative estimate of drug-likeness (QED) is 0.358. The molecule has 0 saturated heterocycles. The van der Waals surface area contributed by atoms with Gasteiger partial charge in [-0.15, -0.1) is 0 Å². The van der Waals surface area contributed by atoms with Crippen molar-refractivity contribution in [2.24, 2.45) is 5.10 Å². The summed E-state index contributed by atoms with van der Waals surface area (Å²) in [6, 6.07) is 9.15. The molecule has 2 heterocycles. The first-order chi connectivity index (χ1) is 10.6. The Kier molecular flexibility index (Phi) is 4.53. The molecule has 0 saturated carbocycles. The first-order valence-electron chi connectivity index (χ1n) is 6.25. The van der Waals surface area contributed by atoms with Crippen LogP contribution < -0.4 is 5.43 Å². The van der Waals surface area contributed by atoms with Gasteiger partial charge in [-0.2, -0.15) is 5.10 Å². The van der Waals surface area contributed by atoms with Gasteiger partial charge in [0.25, 0.3) is 0 Å². The van der Waals surface area contributed by atoms with Gasteiger partial charge in [0.2, 0.25) is 0 Å². The minimum atomic E-state index is -0.400. The highest BCUT2D eigenvalue weighted by Crippen LogP contribution is 2.28. The zero-order valence-electron chi connectivity index (χ0n) is 11.1. The van der Waals surface area contributed by atoms with E-state index in [1.54, 1.807) is 24.5 Å². The van der Waals surface area contributed by atoms with Gasteiger partial charge < -0.3 is 4.42 Å². The number of pyridine rings is 1. The molecule has 0 unspecified atom stereocenters. The summed E-state index contributed by atoms with van der Waals surface area (Å²) in [6.45, 7) is 0. The van der Waals surface area contributed by atoms with E-state index < -0.39 is 5.91 Å². The number of rotatable bonds is 3. The number of amides is 1. The molecule has 1 N–H and O–H groups in total. The minimum Gasteiger partial charge on any atom is -0.450 e. The van der Waals surface area contributed by atoms with Crippen molar-refractivity contribution in [3.63, 3.8) is 0 Å². The number of hydrogen-bond donors (Lipinski definition) is 1. The van der Waals surface area contributed by atoms with E-state index in [1.807, 2.05) is 18.2 Å². The smallest absolute Gasteiger partial charge is 0.307 e. The summed E-state index contributed by atoms with van der Waals surface area (Å²) in [7, 11) is 0. The Morgan fingerprint density at radius 3 is 3.05 bits per heavy atom. The standard InChI is InChI=1S/C15H9BrIN3O2/c16-11-4-10-5-13(22-14(10)12(17)6-11)15(21)20-19-8-9-2-1-3-18-7-9/h1-8H,(H,20,21)/b19-8-. The maximum absolute atomic E-state index is 12.1. The molecule has 2 aromatic heterocycles. The molecule has 1 amide bonds. The summed E-state index contributed by atoms with van der Waals surface area (Å²) in [5.41, 5.74) is 3.92. The van der Waals surface area contributed by atoms with Crippen LogP contribution in [-0.4, -0.2) is 17.1 Å². The fraction of sp³-hybridized carbons (Fsp3) is 0. The van der Waals surface area contributed by atoms with Gasteiger partial charge in [-0.3, -0.25) is 9.78 Å². The molecule has 0 bridgehead atoms. The Bertz CT molecular complexity index is 862. The third-order valence-electron chi connectivity index (χ3n) is 2.82. The average Bonchev–Trinajstić information content (AvgIpc) is 2.92. The van der Waals surface area contributed by atoms with Gasteiger partial charge in [-0.25, -0.2) is 5.43 Å². The second-order valence-electron chi connectivity index (χ2n) is 4.40. The summed E-state index contributed by atoms with van der Waals surface area (Å²) in [6.07, 6.45) is 4.84. The van der Waals surface area contributed by atoms with Crippen LogP contribution in [0.1, 0.15) is 16.1 Å². The zero-order chi connectivity index (χ0) is 15.5. The maximum Gasteiger partial charge on any atom is 0.307 e. The van der Waals surface area contributed by atoms with Crippen LogP contribution in [0.2, 0.25) is 0 Å². The van der Waals surface area contributed by atoms with Crippen LogP contribution in [0.25, 0.3) is 11.0 Å². The molecule has 3 aromatic rings. The molecule has 7 heteroatoms. The molecular formula is C15H9BrIN3O2. The normalized spacial score (nSPS) is 11.2. The van der Waals surface area contributed by atoms with Crippen molar-refractivity contribution in [2.75, 3.05) is 0 Å². The number of halogens is 2. The summed E-state index contributed by atoms with van der Waals surface area (Å²) >= 11 is 5.59. The molecule has 22 heavy (non-hydrogen) atoms. The van der Waals surface area contributed by atoms with Crippen molar-refractivity contribution < 1.29 is 9.21 Å². The Morgan fingerprint density at radius 1 is 1.41 bits per heavy atom. The van der Waals surface area contributed by atoms with E-state index in [0.717, 1.165) is 19.0 Å². The van der Waals surface area contributed by atoms with Crippen LogP contribution in [0, 0.1) is 3.57 Å². The van der Waals surface area contributed by atoms with E-state index in [2.05, 4.69) is 54.0 Å². The van der Waals surface area contributed by atoms with E-state index in [4.69, 9.17) is 4.42 Å². The second kappa shape index (κ2) is 6.57. The van der Waals surface area contributed by atoms with Crippen LogP contribution in [0.15, 0.2) is 56.7 Å². The molecule has 110 valence electrons. The van der Waals surface area contributed by atoms with E-state index in [9.17, 15) is 4.79 Å². The van der Waals surface area contributed by atoms with Crippen LogP contribution in [0.3, 0.4) is 0 Å². The molecule has 1 aromatic carbocycles. The van der Waals surface area contributed by atoms with Crippen LogP contribution in [0.5, 0.6) is 0 Å². The number of benzene rings is 1. The van der Waals surface area contributed by atoms with E-state index >= 15 is 0 Å². The van der Waals surface area contributed by atoms with Crippen molar-refractivity contribution >= 4 is 61.6 Å². The monoisotopic (exact) mass is 469 g/mol. The first kappa shape index (κ1) is 15.2. The summed E-state index contributed by atoms with van der Waals surface area (Å²) in [4.78, 5) is 16.0. The van der Waals surface area contributed by atoms with Crippen molar-refractivity contribution in [3.05, 3.63) is 62.1 Å². The molecule has 3 rings (SSSR count). The molecule has 0 radical (unpaired) electrons. The van der Waals surface area contributed by atoms with Gasteiger partial charge >= 0.3 is 5.91 Å². The number of carbonyl (C=O) groups excluding carboxylic acids is 1. The largest absolute Gasteiger partial charge is 0.450 e. The SMILES string of the molecule is O=C(N/N=C\c1cccnc1)c1cc2cc(Br)cc(I)c2o1. The van der Waals surface area contributed by atoms with Gasteiger partial charge in [-0.1, -0.05) is 22.0 Å². The molecule has 0 spiro atoms. The highest BCUT2D eigenvalue weighted by Gasteiger charge is 2.13. The minimum absolute atomic E-state index is 0.217. The number of furan rings is 1. The van der Waals surface area contributed by atoms with Gasteiger partial charge in [0, 0.05) is 27.8 Å². The number of aromatic nitrogens is 1. The number of nitrogens with one attached hydrogen (secondary N) is 1. The lowest BCUT2D eigenvalue weighted by atomic mass is 10.2. The highest BCUT2D eigenvalue weighted by molar-refractivity contribution is 14.1. The fourth-order valence-corrected chi connectivity index (χ4v) is 3.52. The molecule has 0 aliphatic rings. The van der Waals surface area contributed by atoms with Gasteiger partial charge in [-0.05, 0) is 46.9 Å². The molecule has 0 fully saturated rings. The molecule has 0 atom stereocenters. The predicted octanol–water partition coefficient (Wildman–Crippen LogP) is 3.96. The number of hydrogen-bond acceptors (Lipinski definition) is 4. The lowest BCUT2D eigenvalue weighted by Crippen LogP contribution is -2.16. The summed E-state index contributed by atoms with van der Waals surface area (Å²) in [5, 5.41) is 4.75. The predicted molar refractivity (Wildman–Crippen MR) is 95.9 cm³/mol. The number of fused-ring (bicyclic) bond motifs is 1. The Balaban J connectivity index is 1.78. The number of carbonyl (C=O) groups is 1. The third-order valence-corrected chi connectivity index (χ3v) is 4.08. The van der Waals surface area contributed by atoms with Crippen molar-refractivity contribution in [3.8, 4) is 0 Å².